The van der Waals surface area contributed by atoms with Gasteiger partial charge in [-0.25, -0.2) is 4.79 Å². The van der Waals surface area contributed by atoms with Crippen molar-refractivity contribution < 1.29 is 19.4 Å². The Morgan fingerprint density at radius 2 is 2.00 bits per heavy atom. The van der Waals surface area contributed by atoms with E-state index in [1.54, 1.807) is 0 Å². The maximum absolute atomic E-state index is 11.8. The average Bonchev–Trinajstić information content (AvgIpc) is 2.32. The predicted molar refractivity (Wildman–Crippen MR) is 71.8 cm³/mol. The quantitative estimate of drug-likeness (QED) is 0.706. The van der Waals surface area contributed by atoms with Crippen LogP contribution in [0.4, 0.5) is 0 Å². The van der Waals surface area contributed by atoms with Gasteiger partial charge in [0.25, 0.3) is 0 Å². The number of hydrogen-bond donors (Lipinski definition) is 2. The van der Waals surface area contributed by atoms with Gasteiger partial charge in [0.2, 0.25) is 5.91 Å². The molecule has 1 amide bonds. The molecule has 0 heterocycles. The topological polar surface area (TPSA) is 75.6 Å². The first kappa shape index (κ1) is 16.0. The van der Waals surface area contributed by atoms with Gasteiger partial charge in [0.15, 0.2) is 0 Å². The van der Waals surface area contributed by atoms with Crippen LogP contribution in [-0.2, 0) is 14.3 Å². The van der Waals surface area contributed by atoms with Gasteiger partial charge in [-0.15, -0.1) is 0 Å². The molecule has 1 aliphatic rings. The standard InChI is InChI=1S/C14H25NO4/c1-4-9(3)13(14(17)18)15-12(16)8-10-6-11(7-10)19-5-2/h9-11,13H,4-8H2,1-3H3,(H,15,16)(H,17,18)/t9?,10?,11?,13-/m0/s1. The highest BCUT2D eigenvalue weighted by Crippen LogP contribution is 2.32. The summed E-state index contributed by atoms with van der Waals surface area (Å²) in [5.41, 5.74) is 0. The Bertz CT molecular complexity index is 313. The van der Waals surface area contributed by atoms with Crippen LogP contribution in [0.2, 0.25) is 0 Å². The van der Waals surface area contributed by atoms with Crippen molar-refractivity contribution in [1.29, 1.82) is 0 Å². The molecule has 2 N–H and O–H groups in total. The summed E-state index contributed by atoms with van der Waals surface area (Å²) >= 11 is 0. The Hall–Kier alpha value is -1.10. The Labute approximate surface area is 114 Å². The zero-order valence-electron chi connectivity index (χ0n) is 12.0. The summed E-state index contributed by atoms with van der Waals surface area (Å²) in [6.45, 7) is 6.43. The first-order chi connectivity index (χ1) is 8.97. The SMILES string of the molecule is CCOC1CC(CC(=O)N[C@H](C(=O)O)C(C)CC)C1. The van der Waals surface area contributed by atoms with Gasteiger partial charge in [0.05, 0.1) is 6.10 Å². The Balaban J connectivity index is 2.32. The van der Waals surface area contributed by atoms with Gasteiger partial charge in [-0.1, -0.05) is 20.3 Å². The number of carboxylic acid groups (broad SMARTS) is 1. The van der Waals surface area contributed by atoms with E-state index in [-0.39, 0.29) is 17.9 Å². The van der Waals surface area contributed by atoms with E-state index in [0.717, 1.165) is 19.3 Å². The van der Waals surface area contributed by atoms with E-state index in [1.165, 1.54) is 0 Å². The second-order valence-corrected chi connectivity index (χ2v) is 5.39. The van der Waals surface area contributed by atoms with Crippen LogP contribution in [0, 0.1) is 11.8 Å². The number of rotatable bonds is 8. The third kappa shape index (κ3) is 4.82. The minimum Gasteiger partial charge on any atom is -0.480 e. The molecule has 1 rings (SSSR count). The van der Waals surface area contributed by atoms with Crippen LogP contribution in [0.1, 0.15) is 46.5 Å². The molecular formula is C14H25NO4. The van der Waals surface area contributed by atoms with Gasteiger partial charge in [-0.05, 0) is 31.6 Å². The molecule has 110 valence electrons. The van der Waals surface area contributed by atoms with Gasteiger partial charge in [0, 0.05) is 13.0 Å². The number of carboxylic acids is 1. The smallest absolute Gasteiger partial charge is 0.326 e. The number of carbonyl (C=O) groups is 2. The molecule has 1 saturated carbocycles. The maximum Gasteiger partial charge on any atom is 0.326 e. The van der Waals surface area contributed by atoms with Crippen LogP contribution >= 0.6 is 0 Å². The van der Waals surface area contributed by atoms with Crippen LogP contribution in [0.3, 0.4) is 0 Å². The molecule has 0 saturated heterocycles. The molecule has 1 aliphatic carbocycles. The summed E-state index contributed by atoms with van der Waals surface area (Å²) in [4.78, 5) is 22.9. The molecule has 0 radical (unpaired) electrons. The van der Waals surface area contributed by atoms with Crippen LogP contribution in [0.5, 0.6) is 0 Å². The lowest BCUT2D eigenvalue weighted by molar-refractivity contribution is -0.143. The summed E-state index contributed by atoms with van der Waals surface area (Å²) in [7, 11) is 0. The van der Waals surface area contributed by atoms with E-state index in [4.69, 9.17) is 9.84 Å². The second-order valence-electron chi connectivity index (χ2n) is 5.39. The van der Waals surface area contributed by atoms with Gasteiger partial charge < -0.3 is 15.2 Å². The number of nitrogens with one attached hydrogen (secondary N) is 1. The molecule has 0 aromatic rings. The van der Waals surface area contributed by atoms with E-state index in [2.05, 4.69) is 5.32 Å². The highest BCUT2D eigenvalue weighted by molar-refractivity contribution is 5.83. The number of ether oxygens (including phenoxy) is 1. The van der Waals surface area contributed by atoms with E-state index in [9.17, 15) is 9.59 Å². The molecule has 1 fully saturated rings. The van der Waals surface area contributed by atoms with Crippen molar-refractivity contribution in [1.82, 2.24) is 5.32 Å². The highest BCUT2D eigenvalue weighted by atomic mass is 16.5. The fourth-order valence-electron chi connectivity index (χ4n) is 2.39. The predicted octanol–water partition coefficient (Wildman–Crippen LogP) is 1.81. The molecule has 0 aromatic heterocycles. The summed E-state index contributed by atoms with van der Waals surface area (Å²) < 4.78 is 5.44. The van der Waals surface area contributed by atoms with E-state index < -0.39 is 12.0 Å². The Kier molecular flexibility index (Phi) is 6.28. The largest absolute Gasteiger partial charge is 0.480 e. The second kappa shape index (κ2) is 7.48. The van der Waals surface area contributed by atoms with Gasteiger partial charge in [-0.2, -0.15) is 0 Å². The third-order valence-electron chi connectivity index (χ3n) is 3.86. The Morgan fingerprint density at radius 3 is 2.47 bits per heavy atom. The van der Waals surface area contributed by atoms with Crippen LogP contribution in [0.15, 0.2) is 0 Å². The molecule has 5 nitrogen and oxygen atoms in total. The van der Waals surface area contributed by atoms with E-state index in [0.29, 0.717) is 18.9 Å². The lowest BCUT2D eigenvalue weighted by Crippen LogP contribution is -2.46. The van der Waals surface area contributed by atoms with Crippen molar-refractivity contribution in [3.05, 3.63) is 0 Å². The summed E-state index contributed by atoms with van der Waals surface area (Å²) in [5, 5.41) is 11.7. The minimum atomic E-state index is -0.955. The lowest BCUT2D eigenvalue weighted by atomic mass is 9.79. The first-order valence-electron chi connectivity index (χ1n) is 7.11. The number of aliphatic carboxylic acids is 1. The molecule has 2 atom stereocenters. The van der Waals surface area contributed by atoms with Crippen molar-refractivity contribution in [2.45, 2.75) is 58.6 Å². The van der Waals surface area contributed by atoms with Crippen molar-refractivity contribution >= 4 is 11.9 Å². The molecule has 1 unspecified atom stereocenters. The lowest BCUT2D eigenvalue weighted by Gasteiger charge is -2.34. The summed E-state index contributed by atoms with van der Waals surface area (Å²) in [5.74, 6) is -0.835. The molecular weight excluding hydrogens is 246 g/mol. The Morgan fingerprint density at radius 1 is 1.37 bits per heavy atom. The van der Waals surface area contributed by atoms with Crippen molar-refractivity contribution in [3.63, 3.8) is 0 Å². The monoisotopic (exact) mass is 271 g/mol. The highest BCUT2D eigenvalue weighted by Gasteiger charge is 2.32. The summed E-state index contributed by atoms with van der Waals surface area (Å²) in [6, 6.07) is -0.778. The first-order valence-corrected chi connectivity index (χ1v) is 7.11. The molecule has 19 heavy (non-hydrogen) atoms. The molecule has 0 spiro atoms. The van der Waals surface area contributed by atoms with Crippen LogP contribution in [0.25, 0.3) is 0 Å². The summed E-state index contributed by atoms with van der Waals surface area (Å²) in [6.07, 6.45) is 3.23. The normalized spacial score (nSPS) is 25.2. The van der Waals surface area contributed by atoms with Crippen molar-refractivity contribution in [2.75, 3.05) is 6.61 Å². The average molecular weight is 271 g/mol. The minimum absolute atomic E-state index is 0.0565. The van der Waals surface area contributed by atoms with E-state index >= 15 is 0 Å². The molecule has 0 bridgehead atoms. The van der Waals surface area contributed by atoms with Gasteiger partial charge in [-0.3, -0.25) is 4.79 Å². The molecule has 0 aromatic carbocycles. The van der Waals surface area contributed by atoms with Crippen LogP contribution < -0.4 is 5.32 Å². The fraction of sp³-hybridized carbons (Fsp3) is 0.857. The molecule has 5 heteroatoms. The van der Waals surface area contributed by atoms with Crippen molar-refractivity contribution in [2.24, 2.45) is 11.8 Å². The number of amides is 1. The van der Waals surface area contributed by atoms with Crippen molar-refractivity contribution in [3.8, 4) is 0 Å². The number of carbonyl (C=O) groups excluding carboxylic acids is 1. The zero-order valence-corrected chi connectivity index (χ0v) is 12.0. The fourth-order valence-corrected chi connectivity index (χ4v) is 2.39. The number of hydrogen-bond acceptors (Lipinski definition) is 3. The van der Waals surface area contributed by atoms with Gasteiger partial charge in [0.1, 0.15) is 6.04 Å². The third-order valence-corrected chi connectivity index (χ3v) is 3.86. The van der Waals surface area contributed by atoms with Crippen LogP contribution in [-0.4, -0.2) is 35.7 Å². The zero-order chi connectivity index (χ0) is 14.4. The van der Waals surface area contributed by atoms with Gasteiger partial charge >= 0.3 is 5.97 Å². The molecule has 0 aliphatic heterocycles. The maximum atomic E-state index is 11.8. The van der Waals surface area contributed by atoms with E-state index in [1.807, 2.05) is 20.8 Å².